The van der Waals surface area contributed by atoms with E-state index in [1.165, 1.54) is 38.5 Å². The van der Waals surface area contributed by atoms with Crippen LogP contribution in [0.2, 0.25) is 0 Å². The summed E-state index contributed by atoms with van der Waals surface area (Å²) in [7, 11) is 0. The Morgan fingerprint density at radius 3 is 2.12 bits per heavy atom. The molecule has 0 atom stereocenters. The lowest BCUT2D eigenvalue weighted by atomic mass is 9.49. The highest BCUT2D eigenvalue weighted by Crippen LogP contribution is 2.61. The predicted molar refractivity (Wildman–Crippen MR) is 86.2 cm³/mol. The number of nitrogens with one attached hydrogen (secondary N) is 1. The van der Waals surface area contributed by atoms with Gasteiger partial charge in [0.05, 0.1) is 12.0 Å². The van der Waals surface area contributed by atoms with Gasteiger partial charge in [-0.05, 0) is 68.1 Å². The molecule has 5 saturated carbocycles. The number of carboxylic acid groups (broad SMARTS) is 1. The van der Waals surface area contributed by atoms with Gasteiger partial charge in [0.15, 0.2) is 0 Å². The molecule has 0 unspecified atom stereocenters. The number of fused-ring (bicyclic) bond motifs is 1. The number of ether oxygens (including phenoxy) is 1. The lowest BCUT2D eigenvalue weighted by Crippen LogP contribution is -2.57. The summed E-state index contributed by atoms with van der Waals surface area (Å²) in [5, 5.41) is 12.3. The zero-order valence-electron chi connectivity index (χ0n) is 14.2. The maximum atomic E-state index is 12.5. The molecule has 2 N–H and O–H groups in total. The van der Waals surface area contributed by atoms with E-state index in [4.69, 9.17) is 4.74 Å². The standard InChI is InChI=1S/C19H27NO4/c21-15(19-9-18(10-19,11-24-19)16(22)23)20-2-1-17-6-12-3-13(7-17)5-14(4-12)8-17/h12-14H,1-11H2,(H,20,21)(H,22,23). The molecule has 1 amide bonds. The Balaban J connectivity index is 1.17. The Kier molecular flexibility index (Phi) is 3.00. The first kappa shape index (κ1) is 15.2. The van der Waals surface area contributed by atoms with Crippen LogP contribution in [0.4, 0.5) is 0 Å². The van der Waals surface area contributed by atoms with E-state index in [0.717, 1.165) is 30.7 Å². The second-order valence-corrected chi connectivity index (χ2v) is 9.65. The van der Waals surface area contributed by atoms with Crippen LogP contribution in [-0.2, 0) is 14.3 Å². The number of hydrogen-bond acceptors (Lipinski definition) is 3. The minimum atomic E-state index is -0.847. The van der Waals surface area contributed by atoms with E-state index in [-0.39, 0.29) is 12.5 Å². The molecular formula is C19H27NO4. The van der Waals surface area contributed by atoms with Crippen molar-refractivity contribution >= 4 is 11.9 Å². The van der Waals surface area contributed by atoms with Crippen LogP contribution >= 0.6 is 0 Å². The molecule has 5 aliphatic carbocycles. The summed E-state index contributed by atoms with van der Waals surface area (Å²) in [6.07, 6.45) is 10.2. The lowest BCUT2D eigenvalue weighted by molar-refractivity contribution is -0.158. The molecule has 0 radical (unpaired) electrons. The van der Waals surface area contributed by atoms with Gasteiger partial charge in [0.25, 0.3) is 5.91 Å². The van der Waals surface area contributed by atoms with Crippen molar-refractivity contribution in [2.24, 2.45) is 28.6 Å². The van der Waals surface area contributed by atoms with Gasteiger partial charge in [0.1, 0.15) is 5.60 Å². The average Bonchev–Trinajstić information content (AvgIpc) is 3.02. The van der Waals surface area contributed by atoms with E-state index in [0.29, 0.717) is 18.3 Å². The largest absolute Gasteiger partial charge is 0.481 e. The van der Waals surface area contributed by atoms with Crippen LogP contribution in [0.5, 0.6) is 0 Å². The number of aliphatic carboxylic acids is 1. The summed E-state index contributed by atoms with van der Waals surface area (Å²) in [5.41, 5.74) is -1.17. The third-order valence-corrected chi connectivity index (χ3v) is 7.85. The number of carboxylic acids is 1. The second-order valence-electron chi connectivity index (χ2n) is 9.65. The normalized spacial score (nSPS) is 50.6. The molecule has 0 aromatic heterocycles. The van der Waals surface area contributed by atoms with E-state index in [1.807, 2.05) is 0 Å². The Labute approximate surface area is 142 Å². The first-order valence-electron chi connectivity index (χ1n) is 9.58. The molecule has 2 saturated heterocycles. The molecule has 2 heterocycles. The van der Waals surface area contributed by atoms with Crippen LogP contribution < -0.4 is 5.32 Å². The fourth-order valence-corrected chi connectivity index (χ4v) is 7.16. The minimum absolute atomic E-state index is 0.0818. The van der Waals surface area contributed by atoms with Crippen molar-refractivity contribution in [2.45, 2.75) is 63.4 Å². The zero-order valence-corrected chi connectivity index (χ0v) is 14.2. The summed E-state index contributed by atoms with van der Waals surface area (Å²) in [5.74, 6) is 1.91. The first-order chi connectivity index (χ1) is 11.4. The fourth-order valence-electron chi connectivity index (χ4n) is 7.16. The van der Waals surface area contributed by atoms with Gasteiger partial charge in [-0.15, -0.1) is 0 Å². The van der Waals surface area contributed by atoms with Gasteiger partial charge in [0.2, 0.25) is 0 Å². The molecule has 7 aliphatic rings. The van der Waals surface area contributed by atoms with Crippen molar-refractivity contribution in [3.05, 3.63) is 0 Å². The fraction of sp³-hybridized carbons (Fsp3) is 0.895. The number of carbonyl (C=O) groups excluding carboxylic acids is 1. The van der Waals surface area contributed by atoms with Crippen molar-refractivity contribution < 1.29 is 19.4 Å². The molecule has 24 heavy (non-hydrogen) atoms. The Bertz CT molecular complexity index is 557. The Morgan fingerprint density at radius 2 is 1.62 bits per heavy atom. The summed E-state index contributed by atoms with van der Waals surface area (Å²) in [6, 6.07) is 0. The SMILES string of the molecule is O=C(O)C12COC(C(=O)NCCC34CC5CC(CC(C5)C3)C4)(C1)C2. The van der Waals surface area contributed by atoms with Crippen LogP contribution in [-0.4, -0.2) is 35.7 Å². The summed E-state index contributed by atoms with van der Waals surface area (Å²) in [4.78, 5) is 23.8. The number of rotatable bonds is 5. The number of amides is 1. The minimum Gasteiger partial charge on any atom is -0.481 e. The van der Waals surface area contributed by atoms with Gasteiger partial charge in [0, 0.05) is 19.4 Å². The predicted octanol–water partition coefficient (Wildman–Crippen LogP) is 2.34. The Morgan fingerprint density at radius 1 is 1.04 bits per heavy atom. The first-order valence-corrected chi connectivity index (χ1v) is 9.58. The monoisotopic (exact) mass is 333 g/mol. The van der Waals surface area contributed by atoms with Gasteiger partial charge in [-0.1, -0.05) is 0 Å². The van der Waals surface area contributed by atoms with Crippen LogP contribution in [0.15, 0.2) is 0 Å². The maximum Gasteiger partial charge on any atom is 0.312 e. The van der Waals surface area contributed by atoms with Crippen LogP contribution in [0.3, 0.4) is 0 Å². The van der Waals surface area contributed by atoms with Crippen molar-refractivity contribution in [2.75, 3.05) is 13.2 Å². The van der Waals surface area contributed by atoms with Gasteiger partial charge in [-0.25, -0.2) is 0 Å². The smallest absolute Gasteiger partial charge is 0.312 e. The van der Waals surface area contributed by atoms with E-state index in [2.05, 4.69) is 5.32 Å². The summed E-state index contributed by atoms with van der Waals surface area (Å²) in [6.45, 7) is 0.904. The van der Waals surface area contributed by atoms with E-state index in [1.54, 1.807) is 0 Å². The molecule has 7 fully saturated rings. The summed E-state index contributed by atoms with van der Waals surface area (Å²) < 4.78 is 5.59. The van der Waals surface area contributed by atoms with Gasteiger partial charge >= 0.3 is 5.97 Å². The molecule has 5 nitrogen and oxygen atoms in total. The van der Waals surface area contributed by atoms with E-state index >= 15 is 0 Å². The molecule has 5 heteroatoms. The molecule has 132 valence electrons. The zero-order chi connectivity index (χ0) is 16.6. The quantitative estimate of drug-likeness (QED) is 0.810. The molecule has 0 spiro atoms. The van der Waals surface area contributed by atoms with Crippen LogP contribution in [0.25, 0.3) is 0 Å². The van der Waals surface area contributed by atoms with Crippen LogP contribution in [0, 0.1) is 28.6 Å². The molecule has 0 aromatic rings. The van der Waals surface area contributed by atoms with Crippen molar-refractivity contribution in [1.29, 1.82) is 0 Å². The van der Waals surface area contributed by atoms with Crippen molar-refractivity contribution in [3.8, 4) is 0 Å². The van der Waals surface area contributed by atoms with Crippen molar-refractivity contribution in [1.82, 2.24) is 5.32 Å². The molecule has 0 aromatic carbocycles. The Hall–Kier alpha value is -1.10. The third-order valence-electron chi connectivity index (χ3n) is 7.85. The topological polar surface area (TPSA) is 75.6 Å². The molecule has 2 aliphatic heterocycles. The lowest BCUT2D eigenvalue weighted by Gasteiger charge is -2.57. The summed E-state index contributed by atoms with van der Waals surface area (Å²) >= 11 is 0. The highest BCUT2D eigenvalue weighted by molar-refractivity contribution is 5.92. The third kappa shape index (κ3) is 2.03. The molecular weight excluding hydrogens is 306 g/mol. The van der Waals surface area contributed by atoms with Gasteiger partial charge in [-0.3, -0.25) is 9.59 Å². The molecule has 6 bridgehead atoms. The van der Waals surface area contributed by atoms with E-state index in [9.17, 15) is 14.7 Å². The van der Waals surface area contributed by atoms with E-state index < -0.39 is 17.0 Å². The highest BCUT2D eigenvalue weighted by Gasteiger charge is 2.70. The maximum absolute atomic E-state index is 12.5. The van der Waals surface area contributed by atoms with Crippen LogP contribution in [0.1, 0.15) is 57.8 Å². The number of carbonyl (C=O) groups is 2. The second kappa shape index (κ2) is 4.75. The average molecular weight is 333 g/mol. The number of hydrogen-bond donors (Lipinski definition) is 2. The van der Waals surface area contributed by atoms with Gasteiger partial charge < -0.3 is 15.2 Å². The highest BCUT2D eigenvalue weighted by atomic mass is 16.5. The molecule has 7 rings (SSSR count). The van der Waals surface area contributed by atoms with Gasteiger partial charge in [-0.2, -0.15) is 0 Å². The van der Waals surface area contributed by atoms with Crippen molar-refractivity contribution in [3.63, 3.8) is 0 Å².